The Bertz CT molecular complexity index is 564. The lowest BCUT2D eigenvalue weighted by Gasteiger charge is -2.31. The molecule has 2 unspecified atom stereocenters. The number of fused-ring (bicyclic) bond motifs is 3. The van der Waals surface area contributed by atoms with Crippen molar-refractivity contribution in [3.8, 4) is 5.75 Å². The second kappa shape index (κ2) is 4.62. The zero-order chi connectivity index (χ0) is 12.5. The number of nitrogens with one attached hydrogen (secondary N) is 1. The molecule has 1 heterocycles. The van der Waals surface area contributed by atoms with Crippen molar-refractivity contribution in [2.24, 2.45) is 0 Å². The number of rotatable bonds is 2. The number of benzene rings is 2. The normalized spacial score (nSPS) is 22.6. The Morgan fingerprint density at radius 2 is 2.06 bits per heavy atom. The second-order valence-electron chi connectivity index (χ2n) is 4.98. The zero-order valence-electron chi connectivity index (χ0n) is 10.9. The molecule has 0 spiro atoms. The van der Waals surface area contributed by atoms with E-state index in [1.54, 1.807) is 0 Å². The SMILES string of the molecule is CCNC1CC(C)Oc2c1ccc1ccccc21. The van der Waals surface area contributed by atoms with Gasteiger partial charge in [-0.25, -0.2) is 0 Å². The van der Waals surface area contributed by atoms with Gasteiger partial charge in [-0.1, -0.05) is 43.3 Å². The van der Waals surface area contributed by atoms with Crippen LogP contribution in [0.4, 0.5) is 0 Å². The highest BCUT2D eigenvalue weighted by atomic mass is 16.5. The molecule has 2 heteroatoms. The third-order valence-electron chi connectivity index (χ3n) is 3.62. The summed E-state index contributed by atoms with van der Waals surface area (Å²) in [5.74, 6) is 1.07. The smallest absolute Gasteiger partial charge is 0.132 e. The molecule has 1 aliphatic rings. The molecule has 0 saturated carbocycles. The summed E-state index contributed by atoms with van der Waals surface area (Å²) >= 11 is 0. The molecule has 0 saturated heterocycles. The van der Waals surface area contributed by atoms with E-state index in [9.17, 15) is 0 Å². The first-order valence-corrected chi connectivity index (χ1v) is 6.71. The lowest BCUT2D eigenvalue weighted by molar-refractivity contribution is 0.170. The van der Waals surface area contributed by atoms with E-state index in [0.29, 0.717) is 6.04 Å². The van der Waals surface area contributed by atoms with E-state index in [-0.39, 0.29) is 6.10 Å². The molecule has 94 valence electrons. The summed E-state index contributed by atoms with van der Waals surface area (Å²) in [7, 11) is 0. The van der Waals surface area contributed by atoms with Gasteiger partial charge in [0.25, 0.3) is 0 Å². The average molecular weight is 241 g/mol. The Kier molecular flexibility index (Phi) is 2.96. The monoisotopic (exact) mass is 241 g/mol. The van der Waals surface area contributed by atoms with Crippen molar-refractivity contribution in [1.82, 2.24) is 5.32 Å². The predicted octanol–water partition coefficient (Wildman–Crippen LogP) is 3.66. The van der Waals surface area contributed by atoms with Crippen LogP contribution in [0.1, 0.15) is 31.9 Å². The van der Waals surface area contributed by atoms with Gasteiger partial charge in [-0.15, -0.1) is 0 Å². The summed E-state index contributed by atoms with van der Waals surface area (Å²) in [4.78, 5) is 0. The van der Waals surface area contributed by atoms with Crippen LogP contribution in [0.25, 0.3) is 10.8 Å². The standard InChI is InChI=1S/C16H19NO/c1-3-17-15-10-11(2)18-16-13-7-5-4-6-12(13)8-9-14(15)16/h4-9,11,15,17H,3,10H2,1-2H3. The highest BCUT2D eigenvalue weighted by Crippen LogP contribution is 2.39. The van der Waals surface area contributed by atoms with Crippen molar-refractivity contribution in [2.45, 2.75) is 32.4 Å². The molecular formula is C16H19NO. The van der Waals surface area contributed by atoms with E-state index in [1.165, 1.54) is 16.3 Å². The zero-order valence-corrected chi connectivity index (χ0v) is 10.9. The van der Waals surface area contributed by atoms with E-state index < -0.39 is 0 Å². The molecule has 0 amide bonds. The summed E-state index contributed by atoms with van der Waals surface area (Å²) in [6, 6.07) is 13.2. The Morgan fingerprint density at radius 1 is 1.22 bits per heavy atom. The summed E-state index contributed by atoms with van der Waals surface area (Å²) in [5.41, 5.74) is 1.30. The highest BCUT2D eigenvalue weighted by Gasteiger charge is 2.26. The Morgan fingerprint density at radius 3 is 2.89 bits per heavy atom. The third-order valence-corrected chi connectivity index (χ3v) is 3.62. The Balaban J connectivity index is 2.16. The lowest BCUT2D eigenvalue weighted by atomic mass is 9.94. The molecule has 2 aromatic rings. The van der Waals surface area contributed by atoms with Crippen molar-refractivity contribution < 1.29 is 4.74 Å². The van der Waals surface area contributed by atoms with E-state index in [1.807, 2.05) is 0 Å². The van der Waals surface area contributed by atoms with E-state index >= 15 is 0 Å². The molecule has 0 bridgehead atoms. The van der Waals surface area contributed by atoms with Gasteiger partial charge >= 0.3 is 0 Å². The fraction of sp³-hybridized carbons (Fsp3) is 0.375. The van der Waals surface area contributed by atoms with Gasteiger partial charge in [0.05, 0.1) is 6.10 Å². The molecule has 2 aromatic carbocycles. The first kappa shape index (κ1) is 11.5. The van der Waals surface area contributed by atoms with Crippen molar-refractivity contribution in [2.75, 3.05) is 6.54 Å². The Labute approximate surface area is 108 Å². The number of hydrogen-bond donors (Lipinski definition) is 1. The van der Waals surface area contributed by atoms with Gasteiger partial charge in [-0.05, 0) is 18.9 Å². The molecule has 3 rings (SSSR count). The number of ether oxygens (including phenoxy) is 1. The van der Waals surface area contributed by atoms with Gasteiger partial charge < -0.3 is 10.1 Å². The van der Waals surface area contributed by atoms with Gasteiger partial charge in [0.1, 0.15) is 5.75 Å². The molecule has 0 fully saturated rings. The largest absolute Gasteiger partial charge is 0.490 e. The van der Waals surface area contributed by atoms with Gasteiger partial charge in [-0.3, -0.25) is 0 Å². The maximum atomic E-state index is 6.08. The van der Waals surface area contributed by atoms with Crippen LogP contribution in [0.2, 0.25) is 0 Å². The van der Waals surface area contributed by atoms with Crippen LogP contribution in [0.15, 0.2) is 36.4 Å². The third kappa shape index (κ3) is 1.87. The van der Waals surface area contributed by atoms with E-state index in [0.717, 1.165) is 18.7 Å². The minimum absolute atomic E-state index is 0.271. The Hall–Kier alpha value is -1.54. The van der Waals surface area contributed by atoms with Crippen LogP contribution in [-0.2, 0) is 0 Å². The molecular weight excluding hydrogens is 222 g/mol. The first-order valence-electron chi connectivity index (χ1n) is 6.71. The minimum Gasteiger partial charge on any atom is -0.490 e. The molecule has 2 atom stereocenters. The summed E-state index contributed by atoms with van der Waals surface area (Å²) in [6.07, 6.45) is 1.31. The maximum absolute atomic E-state index is 6.08. The van der Waals surface area contributed by atoms with Crippen molar-refractivity contribution >= 4 is 10.8 Å². The predicted molar refractivity (Wildman–Crippen MR) is 75.1 cm³/mol. The second-order valence-corrected chi connectivity index (χ2v) is 4.98. The van der Waals surface area contributed by atoms with Crippen LogP contribution in [0.5, 0.6) is 5.75 Å². The lowest BCUT2D eigenvalue weighted by Crippen LogP contribution is -2.31. The van der Waals surface area contributed by atoms with Gasteiger partial charge in [0.2, 0.25) is 0 Å². The summed E-state index contributed by atoms with van der Waals surface area (Å²) in [6.45, 7) is 5.29. The quantitative estimate of drug-likeness (QED) is 0.866. The fourth-order valence-corrected chi connectivity index (χ4v) is 2.81. The number of hydrogen-bond acceptors (Lipinski definition) is 2. The van der Waals surface area contributed by atoms with E-state index in [4.69, 9.17) is 4.74 Å². The van der Waals surface area contributed by atoms with Gasteiger partial charge in [0.15, 0.2) is 0 Å². The molecule has 2 nitrogen and oxygen atoms in total. The average Bonchev–Trinajstić information content (AvgIpc) is 2.39. The van der Waals surface area contributed by atoms with Gasteiger partial charge in [-0.2, -0.15) is 0 Å². The van der Waals surface area contributed by atoms with Gasteiger partial charge in [0, 0.05) is 23.4 Å². The van der Waals surface area contributed by atoms with Crippen molar-refractivity contribution in [1.29, 1.82) is 0 Å². The summed E-state index contributed by atoms with van der Waals surface area (Å²) < 4.78 is 6.08. The summed E-state index contributed by atoms with van der Waals surface area (Å²) in [5, 5.41) is 6.03. The van der Waals surface area contributed by atoms with Crippen LogP contribution in [0, 0.1) is 0 Å². The topological polar surface area (TPSA) is 21.3 Å². The van der Waals surface area contributed by atoms with Crippen LogP contribution >= 0.6 is 0 Å². The van der Waals surface area contributed by atoms with Crippen molar-refractivity contribution in [3.63, 3.8) is 0 Å². The highest BCUT2D eigenvalue weighted by molar-refractivity contribution is 5.90. The molecule has 1 aliphatic heterocycles. The molecule has 1 N–H and O–H groups in total. The molecule has 0 aromatic heterocycles. The molecule has 18 heavy (non-hydrogen) atoms. The first-order chi connectivity index (χ1) is 8.79. The molecule has 0 radical (unpaired) electrons. The maximum Gasteiger partial charge on any atom is 0.132 e. The van der Waals surface area contributed by atoms with Crippen molar-refractivity contribution in [3.05, 3.63) is 42.0 Å². The van der Waals surface area contributed by atoms with Crippen LogP contribution < -0.4 is 10.1 Å². The van der Waals surface area contributed by atoms with Crippen LogP contribution in [-0.4, -0.2) is 12.6 Å². The molecule has 0 aliphatic carbocycles. The fourth-order valence-electron chi connectivity index (χ4n) is 2.81. The minimum atomic E-state index is 0.271. The van der Waals surface area contributed by atoms with Crippen LogP contribution in [0.3, 0.4) is 0 Å². The van der Waals surface area contributed by atoms with E-state index in [2.05, 4.69) is 55.6 Å².